The predicted molar refractivity (Wildman–Crippen MR) is 112 cm³/mol. The van der Waals surface area contributed by atoms with Crippen molar-refractivity contribution in [3.05, 3.63) is 75.9 Å². The van der Waals surface area contributed by atoms with Gasteiger partial charge >= 0.3 is 0 Å². The summed E-state index contributed by atoms with van der Waals surface area (Å²) in [6, 6.07) is 15.0. The van der Waals surface area contributed by atoms with Gasteiger partial charge in [0.15, 0.2) is 4.96 Å². The molecule has 0 spiro atoms. The van der Waals surface area contributed by atoms with Crippen molar-refractivity contribution in [1.82, 2.24) is 9.38 Å². The molecule has 0 unspecified atom stereocenters. The minimum atomic E-state index is -0.218. The summed E-state index contributed by atoms with van der Waals surface area (Å²) in [7, 11) is 0. The molecule has 0 aliphatic rings. The molecule has 0 saturated carbocycles. The first kappa shape index (κ1) is 18.2. The maximum atomic E-state index is 12.5. The third kappa shape index (κ3) is 3.63. The number of thiazole rings is 1. The normalized spacial score (nSPS) is 10.8. The lowest BCUT2D eigenvalue weighted by molar-refractivity contribution is -0.115. The van der Waals surface area contributed by atoms with Gasteiger partial charge in [0.25, 0.3) is 0 Å². The molecular formula is C21H15ClN4OS. The Bertz CT molecular complexity index is 1220. The summed E-state index contributed by atoms with van der Waals surface area (Å²) in [4.78, 5) is 18.0. The molecule has 0 radical (unpaired) electrons. The highest BCUT2D eigenvalue weighted by molar-refractivity contribution is 7.15. The SMILES string of the molecule is Cc1ccc(-c2cn3c(CC(=O)Nc4cc(Cl)ccc4C#N)csc3n2)cc1. The third-order valence-electron chi connectivity index (χ3n) is 4.35. The molecule has 1 N–H and O–H groups in total. The molecule has 0 aliphatic carbocycles. The molecule has 2 aromatic heterocycles. The van der Waals surface area contributed by atoms with Crippen molar-refractivity contribution in [1.29, 1.82) is 5.26 Å². The number of hydrogen-bond acceptors (Lipinski definition) is 4. The number of imidazole rings is 1. The minimum Gasteiger partial charge on any atom is -0.325 e. The van der Waals surface area contributed by atoms with Crippen LogP contribution in [0.5, 0.6) is 0 Å². The number of rotatable bonds is 4. The summed E-state index contributed by atoms with van der Waals surface area (Å²) in [6.45, 7) is 2.05. The van der Waals surface area contributed by atoms with Crippen molar-refractivity contribution in [2.45, 2.75) is 13.3 Å². The van der Waals surface area contributed by atoms with E-state index in [2.05, 4.69) is 28.5 Å². The summed E-state index contributed by atoms with van der Waals surface area (Å²) in [5, 5.41) is 14.4. The van der Waals surface area contributed by atoms with Crippen LogP contribution in [0.2, 0.25) is 5.02 Å². The zero-order valence-electron chi connectivity index (χ0n) is 14.9. The lowest BCUT2D eigenvalue weighted by Gasteiger charge is -2.07. The van der Waals surface area contributed by atoms with Crippen molar-refractivity contribution in [3.63, 3.8) is 0 Å². The van der Waals surface area contributed by atoms with E-state index in [1.807, 2.05) is 35.0 Å². The highest BCUT2D eigenvalue weighted by Crippen LogP contribution is 2.25. The number of aryl methyl sites for hydroxylation is 1. The summed E-state index contributed by atoms with van der Waals surface area (Å²) in [5.41, 5.74) is 4.73. The quantitative estimate of drug-likeness (QED) is 0.513. The van der Waals surface area contributed by atoms with Crippen LogP contribution in [0.4, 0.5) is 5.69 Å². The van der Waals surface area contributed by atoms with E-state index in [9.17, 15) is 10.1 Å². The van der Waals surface area contributed by atoms with Crippen LogP contribution in [0, 0.1) is 18.3 Å². The molecule has 2 aromatic carbocycles. The van der Waals surface area contributed by atoms with Gasteiger partial charge in [-0.3, -0.25) is 9.20 Å². The van der Waals surface area contributed by atoms with E-state index in [4.69, 9.17) is 11.6 Å². The van der Waals surface area contributed by atoms with Gasteiger partial charge in [0.2, 0.25) is 5.91 Å². The molecule has 0 aliphatic heterocycles. The Morgan fingerprint density at radius 3 is 2.82 bits per heavy atom. The molecule has 138 valence electrons. The van der Waals surface area contributed by atoms with Gasteiger partial charge < -0.3 is 5.32 Å². The average molecular weight is 407 g/mol. The van der Waals surface area contributed by atoms with Crippen LogP contribution < -0.4 is 5.32 Å². The second kappa shape index (κ2) is 7.47. The van der Waals surface area contributed by atoms with Crippen LogP contribution in [0.1, 0.15) is 16.8 Å². The van der Waals surface area contributed by atoms with Crippen molar-refractivity contribution in [3.8, 4) is 17.3 Å². The number of nitriles is 1. The lowest BCUT2D eigenvalue weighted by Crippen LogP contribution is -2.16. The fraction of sp³-hybridized carbons (Fsp3) is 0.0952. The van der Waals surface area contributed by atoms with Gasteiger partial charge in [-0.1, -0.05) is 41.4 Å². The third-order valence-corrected chi connectivity index (χ3v) is 5.47. The summed E-state index contributed by atoms with van der Waals surface area (Å²) in [5.74, 6) is -0.218. The minimum absolute atomic E-state index is 0.168. The number of carbonyl (C=O) groups excluding carboxylic acids is 1. The number of anilines is 1. The molecule has 28 heavy (non-hydrogen) atoms. The van der Waals surface area contributed by atoms with Gasteiger partial charge in [-0.25, -0.2) is 4.98 Å². The highest BCUT2D eigenvalue weighted by Gasteiger charge is 2.14. The molecule has 7 heteroatoms. The first-order valence-electron chi connectivity index (χ1n) is 8.55. The number of aromatic nitrogens is 2. The Labute approximate surface area is 170 Å². The molecular weight excluding hydrogens is 392 g/mol. The van der Waals surface area contributed by atoms with E-state index >= 15 is 0 Å². The van der Waals surface area contributed by atoms with Crippen LogP contribution in [0.25, 0.3) is 16.2 Å². The molecule has 0 atom stereocenters. The van der Waals surface area contributed by atoms with Crippen LogP contribution in [0.3, 0.4) is 0 Å². The van der Waals surface area contributed by atoms with Gasteiger partial charge in [-0.15, -0.1) is 11.3 Å². The largest absolute Gasteiger partial charge is 0.325 e. The Kier molecular flexibility index (Phi) is 4.86. The maximum Gasteiger partial charge on any atom is 0.230 e. The second-order valence-corrected chi connectivity index (χ2v) is 7.67. The Morgan fingerprint density at radius 1 is 1.29 bits per heavy atom. The Hall–Kier alpha value is -3.14. The van der Waals surface area contributed by atoms with E-state index in [1.54, 1.807) is 18.2 Å². The molecule has 0 saturated heterocycles. The van der Waals surface area contributed by atoms with E-state index in [0.717, 1.165) is 21.9 Å². The number of hydrogen-bond donors (Lipinski definition) is 1. The van der Waals surface area contributed by atoms with Gasteiger partial charge in [-0.05, 0) is 25.1 Å². The van der Waals surface area contributed by atoms with Crippen molar-refractivity contribution >= 4 is 39.5 Å². The fourth-order valence-electron chi connectivity index (χ4n) is 2.90. The average Bonchev–Trinajstić information content (AvgIpc) is 3.24. The number of fused-ring (bicyclic) bond motifs is 1. The van der Waals surface area contributed by atoms with Crippen LogP contribution in [-0.4, -0.2) is 15.3 Å². The monoisotopic (exact) mass is 406 g/mol. The van der Waals surface area contributed by atoms with Gasteiger partial charge in [-0.2, -0.15) is 5.26 Å². The molecule has 0 fully saturated rings. The number of nitrogens with zero attached hydrogens (tertiary/aromatic N) is 3. The topological polar surface area (TPSA) is 70.2 Å². The molecule has 4 rings (SSSR count). The predicted octanol–water partition coefficient (Wildman–Crippen LogP) is 5.08. The van der Waals surface area contributed by atoms with E-state index in [0.29, 0.717) is 16.3 Å². The molecule has 0 bridgehead atoms. The first-order valence-corrected chi connectivity index (χ1v) is 9.81. The highest BCUT2D eigenvalue weighted by atomic mass is 35.5. The Balaban J connectivity index is 1.57. The molecule has 2 heterocycles. The molecule has 4 aromatic rings. The van der Waals surface area contributed by atoms with Gasteiger partial charge in [0.05, 0.1) is 23.4 Å². The molecule has 1 amide bonds. The number of nitrogens with one attached hydrogen (secondary N) is 1. The van der Waals surface area contributed by atoms with Gasteiger partial charge in [0, 0.05) is 27.9 Å². The fourth-order valence-corrected chi connectivity index (χ4v) is 3.94. The number of benzene rings is 2. The number of carbonyl (C=O) groups is 1. The zero-order valence-corrected chi connectivity index (χ0v) is 16.5. The number of halogens is 1. The zero-order chi connectivity index (χ0) is 19.7. The molecule has 5 nitrogen and oxygen atoms in total. The summed E-state index contributed by atoms with van der Waals surface area (Å²) in [6.07, 6.45) is 2.11. The summed E-state index contributed by atoms with van der Waals surface area (Å²) < 4.78 is 1.93. The summed E-state index contributed by atoms with van der Waals surface area (Å²) >= 11 is 7.47. The first-order chi connectivity index (χ1) is 13.5. The van der Waals surface area contributed by atoms with E-state index in [1.165, 1.54) is 16.9 Å². The van der Waals surface area contributed by atoms with Crippen LogP contribution >= 0.6 is 22.9 Å². The number of amides is 1. The van der Waals surface area contributed by atoms with E-state index in [-0.39, 0.29) is 12.3 Å². The Morgan fingerprint density at radius 2 is 2.07 bits per heavy atom. The van der Waals surface area contributed by atoms with Crippen molar-refractivity contribution in [2.75, 3.05) is 5.32 Å². The van der Waals surface area contributed by atoms with Crippen molar-refractivity contribution in [2.24, 2.45) is 0 Å². The van der Waals surface area contributed by atoms with Crippen LogP contribution in [-0.2, 0) is 11.2 Å². The van der Waals surface area contributed by atoms with Gasteiger partial charge in [0.1, 0.15) is 6.07 Å². The maximum absolute atomic E-state index is 12.5. The van der Waals surface area contributed by atoms with E-state index < -0.39 is 0 Å². The second-order valence-electron chi connectivity index (χ2n) is 6.40. The van der Waals surface area contributed by atoms with Crippen LogP contribution in [0.15, 0.2) is 54.0 Å². The standard InChI is InChI=1S/C21H15ClN4OS/c1-13-2-4-14(5-3-13)19-11-26-17(12-28-21(26)25-19)9-20(27)24-18-8-16(22)7-6-15(18)10-23/h2-8,11-12H,9H2,1H3,(H,24,27). The smallest absolute Gasteiger partial charge is 0.230 e. The van der Waals surface area contributed by atoms with Crippen molar-refractivity contribution < 1.29 is 4.79 Å². The lowest BCUT2D eigenvalue weighted by atomic mass is 10.1.